The monoisotopic (exact) mass is 498 g/mol. The fourth-order valence-electron chi connectivity index (χ4n) is 3.40. The molecule has 0 saturated carbocycles. The van der Waals surface area contributed by atoms with Crippen molar-refractivity contribution in [3.63, 3.8) is 0 Å². The van der Waals surface area contributed by atoms with Gasteiger partial charge in [0, 0.05) is 31.6 Å². The summed E-state index contributed by atoms with van der Waals surface area (Å²) in [5, 5.41) is 9.10. The summed E-state index contributed by atoms with van der Waals surface area (Å²) in [7, 11) is 1.85. The normalized spacial score (nSPS) is 16.0. The largest absolute Gasteiger partial charge is 0.356 e. The number of aliphatic imine (C=N–C) groups is 1. The first-order valence-corrected chi connectivity index (χ1v) is 10.4. The molecule has 0 radical (unpaired) electrons. The molecule has 0 aliphatic carbocycles. The quantitative estimate of drug-likeness (QED) is 0.345. The van der Waals surface area contributed by atoms with Gasteiger partial charge in [-0.15, -0.1) is 35.3 Å². The maximum atomic E-state index is 4.35. The SMILES string of the molecule is CN=C(NCCc1ccccc1)NCC1CCN(Cc2cccs2)CC1.I. The van der Waals surface area contributed by atoms with Gasteiger partial charge < -0.3 is 10.6 Å². The Kier molecular flexibility index (Phi) is 10.2. The third-order valence-electron chi connectivity index (χ3n) is 5.00. The van der Waals surface area contributed by atoms with Crippen molar-refractivity contribution in [1.82, 2.24) is 15.5 Å². The van der Waals surface area contributed by atoms with Crippen molar-refractivity contribution in [2.75, 3.05) is 33.2 Å². The van der Waals surface area contributed by atoms with Crippen molar-refractivity contribution in [3.8, 4) is 0 Å². The second-order valence-electron chi connectivity index (χ2n) is 6.91. The van der Waals surface area contributed by atoms with Crippen LogP contribution in [-0.4, -0.2) is 44.1 Å². The van der Waals surface area contributed by atoms with Crippen LogP contribution in [-0.2, 0) is 13.0 Å². The first-order valence-electron chi connectivity index (χ1n) is 9.56. The number of halogens is 1. The second-order valence-corrected chi connectivity index (χ2v) is 7.95. The lowest BCUT2D eigenvalue weighted by Crippen LogP contribution is -2.43. The number of nitrogens with zero attached hydrogens (tertiary/aromatic N) is 2. The molecule has 0 atom stereocenters. The smallest absolute Gasteiger partial charge is 0.190 e. The third-order valence-corrected chi connectivity index (χ3v) is 5.86. The van der Waals surface area contributed by atoms with Crippen LogP contribution >= 0.6 is 35.3 Å². The molecule has 2 heterocycles. The lowest BCUT2D eigenvalue weighted by Gasteiger charge is -2.32. The number of likely N-dealkylation sites (tertiary alicyclic amines) is 1. The average Bonchev–Trinajstić information content (AvgIpc) is 3.19. The highest BCUT2D eigenvalue weighted by Gasteiger charge is 2.19. The summed E-state index contributed by atoms with van der Waals surface area (Å²) in [6, 6.07) is 15.0. The van der Waals surface area contributed by atoms with Gasteiger partial charge in [-0.25, -0.2) is 0 Å². The zero-order chi connectivity index (χ0) is 18.0. The minimum absolute atomic E-state index is 0. The van der Waals surface area contributed by atoms with Crippen LogP contribution in [0.3, 0.4) is 0 Å². The molecule has 0 spiro atoms. The van der Waals surface area contributed by atoms with E-state index in [0.717, 1.165) is 37.9 Å². The van der Waals surface area contributed by atoms with Crippen LogP contribution in [0.5, 0.6) is 0 Å². The summed E-state index contributed by atoms with van der Waals surface area (Å²) < 4.78 is 0. The average molecular weight is 498 g/mol. The summed E-state index contributed by atoms with van der Waals surface area (Å²) in [5.41, 5.74) is 1.36. The van der Waals surface area contributed by atoms with Gasteiger partial charge in [0.1, 0.15) is 0 Å². The molecule has 1 aliphatic rings. The van der Waals surface area contributed by atoms with Gasteiger partial charge in [-0.2, -0.15) is 0 Å². The van der Waals surface area contributed by atoms with Gasteiger partial charge in [-0.1, -0.05) is 36.4 Å². The Morgan fingerprint density at radius 2 is 1.89 bits per heavy atom. The number of hydrogen-bond donors (Lipinski definition) is 2. The highest BCUT2D eigenvalue weighted by atomic mass is 127. The highest BCUT2D eigenvalue weighted by Crippen LogP contribution is 2.20. The number of hydrogen-bond acceptors (Lipinski definition) is 3. The molecule has 1 aromatic heterocycles. The van der Waals surface area contributed by atoms with Gasteiger partial charge in [-0.3, -0.25) is 9.89 Å². The molecule has 2 aromatic rings. The van der Waals surface area contributed by atoms with E-state index in [9.17, 15) is 0 Å². The van der Waals surface area contributed by atoms with E-state index in [2.05, 4.69) is 68.4 Å². The molecule has 3 rings (SSSR count). The molecule has 4 nitrogen and oxygen atoms in total. The van der Waals surface area contributed by atoms with E-state index in [1.807, 2.05) is 18.4 Å². The topological polar surface area (TPSA) is 39.7 Å². The van der Waals surface area contributed by atoms with E-state index in [4.69, 9.17) is 0 Å². The standard InChI is InChI=1S/C21H30N4S.HI/c1-22-21(23-12-9-18-6-3-2-4-7-18)24-16-19-10-13-25(14-11-19)17-20-8-5-15-26-20;/h2-8,15,19H,9-14,16-17H2,1H3,(H2,22,23,24);1H. The van der Waals surface area contributed by atoms with Crippen LogP contribution in [0.4, 0.5) is 0 Å². The Morgan fingerprint density at radius 3 is 2.56 bits per heavy atom. The molecule has 148 valence electrons. The maximum absolute atomic E-state index is 4.35. The maximum Gasteiger partial charge on any atom is 0.190 e. The summed E-state index contributed by atoms with van der Waals surface area (Å²) >= 11 is 1.86. The predicted octanol–water partition coefficient (Wildman–Crippen LogP) is 3.99. The van der Waals surface area contributed by atoms with Crippen molar-refractivity contribution in [2.45, 2.75) is 25.8 Å². The molecule has 1 saturated heterocycles. The number of thiophene rings is 1. The van der Waals surface area contributed by atoms with E-state index in [-0.39, 0.29) is 24.0 Å². The molecular formula is C21H31IN4S. The van der Waals surface area contributed by atoms with Gasteiger partial charge >= 0.3 is 0 Å². The van der Waals surface area contributed by atoms with Crippen LogP contribution in [0.1, 0.15) is 23.3 Å². The molecule has 0 amide bonds. The number of benzene rings is 1. The van der Waals surface area contributed by atoms with Crippen LogP contribution in [0.25, 0.3) is 0 Å². The predicted molar refractivity (Wildman–Crippen MR) is 127 cm³/mol. The van der Waals surface area contributed by atoms with Crippen molar-refractivity contribution >= 4 is 41.3 Å². The van der Waals surface area contributed by atoms with E-state index in [0.29, 0.717) is 0 Å². The number of nitrogens with one attached hydrogen (secondary N) is 2. The Labute approximate surface area is 184 Å². The van der Waals surface area contributed by atoms with E-state index in [1.165, 1.54) is 36.4 Å². The van der Waals surface area contributed by atoms with Crippen molar-refractivity contribution in [3.05, 3.63) is 58.3 Å². The summed E-state index contributed by atoms with van der Waals surface area (Å²) in [5.74, 6) is 1.66. The molecule has 0 unspecified atom stereocenters. The van der Waals surface area contributed by atoms with Gasteiger partial charge in [0.25, 0.3) is 0 Å². The lowest BCUT2D eigenvalue weighted by atomic mass is 9.97. The zero-order valence-corrected chi connectivity index (χ0v) is 19.2. The summed E-state index contributed by atoms with van der Waals surface area (Å²) in [6.07, 6.45) is 3.54. The van der Waals surface area contributed by atoms with E-state index >= 15 is 0 Å². The van der Waals surface area contributed by atoms with E-state index in [1.54, 1.807) is 0 Å². The minimum atomic E-state index is 0. The first kappa shape index (κ1) is 22.2. The minimum Gasteiger partial charge on any atom is -0.356 e. The number of rotatable bonds is 7. The van der Waals surface area contributed by atoms with Crippen LogP contribution < -0.4 is 10.6 Å². The molecular weight excluding hydrogens is 467 g/mol. The fourth-order valence-corrected chi connectivity index (χ4v) is 4.15. The number of piperidine rings is 1. The van der Waals surface area contributed by atoms with Crippen molar-refractivity contribution in [1.29, 1.82) is 0 Å². The van der Waals surface area contributed by atoms with Crippen molar-refractivity contribution < 1.29 is 0 Å². The number of guanidine groups is 1. The summed E-state index contributed by atoms with van der Waals surface area (Å²) in [6.45, 7) is 5.43. The molecule has 2 N–H and O–H groups in total. The Bertz CT molecular complexity index is 652. The van der Waals surface area contributed by atoms with Gasteiger partial charge in [0.2, 0.25) is 0 Å². The first-order chi connectivity index (χ1) is 12.8. The third kappa shape index (κ3) is 7.79. The van der Waals surface area contributed by atoms with Crippen LogP contribution in [0.2, 0.25) is 0 Å². The molecule has 27 heavy (non-hydrogen) atoms. The molecule has 0 bridgehead atoms. The van der Waals surface area contributed by atoms with Gasteiger partial charge in [-0.05, 0) is 55.3 Å². The van der Waals surface area contributed by atoms with Gasteiger partial charge in [0.15, 0.2) is 5.96 Å². The lowest BCUT2D eigenvalue weighted by molar-refractivity contribution is 0.179. The fraction of sp³-hybridized carbons (Fsp3) is 0.476. The Balaban J connectivity index is 0.00000261. The highest BCUT2D eigenvalue weighted by molar-refractivity contribution is 14.0. The molecule has 1 aliphatic heterocycles. The molecule has 1 aromatic carbocycles. The zero-order valence-electron chi connectivity index (χ0n) is 16.1. The van der Waals surface area contributed by atoms with Gasteiger partial charge in [0.05, 0.1) is 0 Å². The van der Waals surface area contributed by atoms with Crippen molar-refractivity contribution in [2.24, 2.45) is 10.9 Å². The summed E-state index contributed by atoms with van der Waals surface area (Å²) in [4.78, 5) is 8.41. The Morgan fingerprint density at radius 1 is 1.11 bits per heavy atom. The molecule has 1 fully saturated rings. The van der Waals surface area contributed by atoms with Crippen LogP contribution in [0.15, 0.2) is 52.8 Å². The van der Waals surface area contributed by atoms with E-state index < -0.39 is 0 Å². The van der Waals surface area contributed by atoms with Crippen LogP contribution in [0, 0.1) is 5.92 Å². The molecule has 6 heteroatoms. The second kappa shape index (κ2) is 12.4. The Hall–Kier alpha value is -1.12.